The number of hydrogen-bond donors (Lipinski definition) is 1. The van der Waals surface area contributed by atoms with Gasteiger partial charge in [0, 0.05) is 53.5 Å². The maximum absolute atomic E-state index is 11.9. The number of likely N-dealkylation sites (tertiary alicyclic amines) is 1. The summed E-state index contributed by atoms with van der Waals surface area (Å²) in [5.41, 5.74) is 0. The molecule has 0 aliphatic carbocycles. The average Bonchev–Trinajstić information content (AvgIpc) is 2.77. The zero-order valence-electron chi connectivity index (χ0n) is 11.8. The molecule has 0 spiro atoms. The highest BCUT2D eigenvalue weighted by molar-refractivity contribution is 5.89. The second kappa shape index (κ2) is 8.87. The normalized spacial score (nSPS) is 18.9. The fraction of sp³-hybridized carbons (Fsp3) is 0.846. The lowest BCUT2D eigenvalue weighted by molar-refractivity contribution is -0.129. The van der Waals surface area contributed by atoms with Crippen molar-refractivity contribution in [3.8, 4) is 0 Å². The van der Waals surface area contributed by atoms with Crippen LogP contribution in [-0.2, 0) is 19.1 Å². The van der Waals surface area contributed by atoms with Crippen LogP contribution in [0.15, 0.2) is 0 Å². The zero-order valence-corrected chi connectivity index (χ0v) is 11.8. The van der Waals surface area contributed by atoms with Crippen LogP contribution in [0.5, 0.6) is 0 Å². The van der Waals surface area contributed by atoms with Crippen LogP contribution in [0.2, 0.25) is 0 Å². The summed E-state index contributed by atoms with van der Waals surface area (Å²) >= 11 is 0. The van der Waals surface area contributed by atoms with Gasteiger partial charge >= 0.3 is 0 Å². The van der Waals surface area contributed by atoms with E-state index in [1.807, 2.05) is 0 Å². The first-order chi connectivity index (χ1) is 9.19. The van der Waals surface area contributed by atoms with Gasteiger partial charge in [-0.05, 0) is 12.8 Å². The second-order valence-corrected chi connectivity index (χ2v) is 4.72. The summed E-state index contributed by atoms with van der Waals surface area (Å²) in [5, 5.41) is 2.85. The minimum atomic E-state index is -0.211. The quantitative estimate of drug-likeness (QED) is 0.601. The van der Waals surface area contributed by atoms with E-state index in [0.717, 1.165) is 12.8 Å². The average molecular weight is 272 g/mol. The molecule has 1 unspecified atom stereocenters. The van der Waals surface area contributed by atoms with Crippen molar-refractivity contribution in [2.45, 2.75) is 19.3 Å². The standard InChI is InChI=1S/C13H24N2O4/c1-18-7-3-5-14-13(17)11-9-12(16)15(10-11)6-4-8-19-2/h11H,3-10H2,1-2H3,(H,14,17). The second-order valence-electron chi connectivity index (χ2n) is 4.72. The van der Waals surface area contributed by atoms with Gasteiger partial charge in [0.2, 0.25) is 11.8 Å². The first kappa shape index (κ1) is 15.9. The highest BCUT2D eigenvalue weighted by Gasteiger charge is 2.33. The highest BCUT2D eigenvalue weighted by atomic mass is 16.5. The molecule has 1 saturated heterocycles. The van der Waals surface area contributed by atoms with Crippen molar-refractivity contribution >= 4 is 11.8 Å². The number of hydrogen-bond acceptors (Lipinski definition) is 4. The fourth-order valence-electron chi connectivity index (χ4n) is 2.14. The number of nitrogens with one attached hydrogen (secondary N) is 1. The third-order valence-electron chi connectivity index (χ3n) is 3.19. The van der Waals surface area contributed by atoms with E-state index in [1.165, 1.54) is 0 Å². The Kier molecular flexibility index (Phi) is 7.43. The summed E-state index contributed by atoms with van der Waals surface area (Å²) in [7, 11) is 3.28. The summed E-state index contributed by atoms with van der Waals surface area (Å²) < 4.78 is 9.87. The number of carbonyl (C=O) groups is 2. The Hall–Kier alpha value is -1.14. The van der Waals surface area contributed by atoms with Crippen LogP contribution < -0.4 is 5.32 Å². The van der Waals surface area contributed by atoms with Gasteiger partial charge in [-0.15, -0.1) is 0 Å². The Morgan fingerprint density at radius 3 is 2.68 bits per heavy atom. The van der Waals surface area contributed by atoms with Crippen LogP contribution in [-0.4, -0.2) is 63.8 Å². The third-order valence-corrected chi connectivity index (χ3v) is 3.19. The summed E-state index contributed by atoms with van der Waals surface area (Å²) in [6, 6.07) is 0. The van der Waals surface area contributed by atoms with Gasteiger partial charge in [-0.2, -0.15) is 0 Å². The van der Waals surface area contributed by atoms with Gasteiger partial charge in [-0.3, -0.25) is 9.59 Å². The molecule has 6 heteroatoms. The molecular formula is C13H24N2O4. The molecule has 0 bridgehead atoms. The van der Waals surface area contributed by atoms with Gasteiger partial charge in [-0.25, -0.2) is 0 Å². The molecule has 2 amide bonds. The number of ether oxygens (including phenoxy) is 2. The van der Waals surface area contributed by atoms with E-state index in [2.05, 4.69) is 5.32 Å². The summed E-state index contributed by atoms with van der Waals surface area (Å²) in [6.07, 6.45) is 1.92. The number of nitrogens with zero attached hydrogens (tertiary/aromatic N) is 1. The van der Waals surface area contributed by atoms with Crippen LogP contribution in [0.3, 0.4) is 0 Å². The lowest BCUT2D eigenvalue weighted by Gasteiger charge is -2.16. The van der Waals surface area contributed by atoms with Crippen molar-refractivity contribution < 1.29 is 19.1 Å². The maximum atomic E-state index is 11.9. The van der Waals surface area contributed by atoms with Gasteiger partial charge in [0.05, 0.1) is 5.92 Å². The van der Waals surface area contributed by atoms with E-state index in [9.17, 15) is 9.59 Å². The van der Waals surface area contributed by atoms with Crippen molar-refractivity contribution in [3.05, 3.63) is 0 Å². The van der Waals surface area contributed by atoms with Crippen LogP contribution in [0.25, 0.3) is 0 Å². The van der Waals surface area contributed by atoms with Gasteiger partial charge in [0.15, 0.2) is 0 Å². The third kappa shape index (κ3) is 5.57. The lowest BCUT2D eigenvalue weighted by Crippen LogP contribution is -2.34. The van der Waals surface area contributed by atoms with E-state index < -0.39 is 0 Å². The van der Waals surface area contributed by atoms with Crippen molar-refractivity contribution in [2.24, 2.45) is 5.92 Å². The van der Waals surface area contributed by atoms with Gasteiger partial charge in [-0.1, -0.05) is 0 Å². The first-order valence-corrected chi connectivity index (χ1v) is 6.72. The van der Waals surface area contributed by atoms with Gasteiger partial charge in [0.1, 0.15) is 0 Å². The number of rotatable bonds is 9. The number of methoxy groups -OCH3 is 2. The van der Waals surface area contributed by atoms with Crippen molar-refractivity contribution in [3.63, 3.8) is 0 Å². The largest absolute Gasteiger partial charge is 0.385 e. The predicted molar refractivity (Wildman–Crippen MR) is 70.7 cm³/mol. The minimum Gasteiger partial charge on any atom is -0.385 e. The molecule has 1 heterocycles. The molecule has 19 heavy (non-hydrogen) atoms. The van der Waals surface area contributed by atoms with Gasteiger partial charge < -0.3 is 19.7 Å². The van der Waals surface area contributed by atoms with E-state index in [0.29, 0.717) is 39.3 Å². The van der Waals surface area contributed by atoms with E-state index >= 15 is 0 Å². The Balaban J connectivity index is 2.24. The molecule has 1 aliphatic rings. The highest BCUT2D eigenvalue weighted by Crippen LogP contribution is 2.18. The Morgan fingerprint density at radius 1 is 1.32 bits per heavy atom. The molecule has 0 aromatic heterocycles. The van der Waals surface area contributed by atoms with E-state index in [-0.39, 0.29) is 17.7 Å². The number of amides is 2. The molecule has 1 fully saturated rings. The molecule has 1 atom stereocenters. The molecule has 1 N–H and O–H groups in total. The molecule has 0 saturated carbocycles. The molecule has 0 radical (unpaired) electrons. The summed E-state index contributed by atoms with van der Waals surface area (Å²) in [4.78, 5) is 25.4. The predicted octanol–water partition coefficient (Wildman–Crippen LogP) is 0.0241. The molecule has 6 nitrogen and oxygen atoms in total. The lowest BCUT2D eigenvalue weighted by atomic mass is 10.1. The van der Waals surface area contributed by atoms with Crippen LogP contribution in [0.1, 0.15) is 19.3 Å². The molecule has 1 aliphatic heterocycles. The minimum absolute atomic E-state index is 0.0290. The summed E-state index contributed by atoms with van der Waals surface area (Å²) in [5.74, 6) is -0.176. The van der Waals surface area contributed by atoms with Crippen LogP contribution in [0.4, 0.5) is 0 Å². The Bertz CT molecular complexity index is 296. The SMILES string of the molecule is COCCCNC(=O)C1CC(=O)N(CCCOC)C1. The van der Waals surface area contributed by atoms with E-state index in [4.69, 9.17) is 9.47 Å². The Labute approximate surface area is 114 Å². The van der Waals surface area contributed by atoms with Crippen LogP contribution in [0, 0.1) is 5.92 Å². The Morgan fingerprint density at radius 2 is 2.00 bits per heavy atom. The molecule has 0 aromatic rings. The van der Waals surface area contributed by atoms with Crippen molar-refractivity contribution in [1.82, 2.24) is 10.2 Å². The molecule has 1 rings (SSSR count). The summed E-state index contributed by atoms with van der Waals surface area (Å²) in [6.45, 7) is 3.06. The van der Waals surface area contributed by atoms with Crippen LogP contribution >= 0.6 is 0 Å². The number of carbonyl (C=O) groups excluding carboxylic acids is 2. The topological polar surface area (TPSA) is 67.9 Å². The molecular weight excluding hydrogens is 248 g/mol. The van der Waals surface area contributed by atoms with Crippen molar-refractivity contribution in [2.75, 3.05) is 47.1 Å². The molecule has 0 aromatic carbocycles. The maximum Gasteiger partial charge on any atom is 0.225 e. The fourth-order valence-corrected chi connectivity index (χ4v) is 2.14. The smallest absolute Gasteiger partial charge is 0.225 e. The van der Waals surface area contributed by atoms with Gasteiger partial charge in [0.25, 0.3) is 0 Å². The first-order valence-electron chi connectivity index (χ1n) is 6.72. The van der Waals surface area contributed by atoms with Crippen molar-refractivity contribution in [1.29, 1.82) is 0 Å². The van der Waals surface area contributed by atoms with E-state index in [1.54, 1.807) is 19.1 Å². The molecule has 110 valence electrons. The monoisotopic (exact) mass is 272 g/mol. The zero-order chi connectivity index (χ0) is 14.1.